The van der Waals surface area contributed by atoms with Gasteiger partial charge in [-0.15, -0.1) is 11.8 Å². The minimum Gasteiger partial charge on any atom is -0.339 e. The molecule has 1 fully saturated rings. The van der Waals surface area contributed by atoms with Crippen LogP contribution < -0.4 is 5.32 Å². The Hall–Kier alpha value is -1.33. The van der Waals surface area contributed by atoms with Crippen LogP contribution in [0.4, 0.5) is 0 Å². The van der Waals surface area contributed by atoms with E-state index in [0.717, 1.165) is 30.2 Å². The van der Waals surface area contributed by atoms with Crippen LogP contribution in [0.2, 0.25) is 0 Å². The maximum Gasteiger partial charge on any atom is 0.231 e. The Balaban J connectivity index is 1.79. The van der Waals surface area contributed by atoms with Crippen molar-refractivity contribution in [1.82, 2.24) is 15.5 Å². The topological polar surface area (TPSA) is 51.0 Å². The third-order valence-electron chi connectivity index (χ3n) is 3.71. The molecule has 1 saturated heterocycles. The maximum absolute atomic E-state index is 5.44. The molecule has 1 N–H and O–H groups in total. The Morgan fingerprint density at radius 3 is 2.80 bits per heavy atom. The standard InChI is InChI=1S/C15H19N3OS/c1-3-20-12-6-4-11(5-7-12)14-17-15(19-18-14)13-8-9-16-10(13)2/h4-7,10,13,16H,3,8-9H2,1-2H3. The van der Waals surface area contributed by atoms with Gasteiger partial charge in [0.1, 0.15) is 0 Å². The lowest BCUT2D eigenvalue weighted by Crippen LogP contribution is -2.21. The number of thioether (sulfide) groups is 1. The lowest BCUT2D eigenvalue weighted by molar-refractivity contribution is 0.345. The van der Waals surface area contributed by atoms with Gasteiger partial charge in [0.05, 0.1) is 5.92 Å². The van der Waals surface area contributed by atoms with Crippen LogP contribution in [-0.2, 0) is 0 Å². The quantitative estimate of drug-likeness (QED) is 0.875. The van der Waals surface area contributed by atoms with Gasteiger partial charge in [-0.25, -0.2) is 0 Å². The smallest absolute Gasteiger partial charge is 0.231 e. The van der Waals surface area contributed by atoms with Crippen LogP contribution in [0.15, 0.2) is 33.7 Å². The molecule has 0 bridgehead atoms. The molecular formula is C15H19N3OS. The molecule has 2 unspecified atom stereocenters. The Morgan fingerprint density at radius 2 is 2.15 bits per heavy atom. The molecule has 106 valence electrons. The third kappa shape index (κ3) is 2.74. The van der Waals surface area contributed by atoms with Crippen molar-refractivity contribution in [3.8, 4) is 11.4 Å². The van der Waals surface area contributed by atoms with E-state index in [9.17, 15) is 0 Å². The van der Waals surface area contributed by atoms with Gasteiger partial charge < -0.3 is 9.84 Å². The molecular weight excluding hydrogens is 270 g/mol. The third-order valence-corrected chi connectivity index (χ3v) is 4.60. The molecule has 0 aliphatic carbocycles. The molecule has 2 aromatic rings. The first-order valence-corrected chi connectivity index (χ1v) is 8.06. The van der Waals surface area contributed by atoms with Crippen molar-refractivity contribution in [3.05, 3.63) is 30.2 Å². The van der Waals surface area contributed by atoms with Crippen molar-refractivity contribution >= 4 is 11.8 Å². The molecule has 0 amide bonds. The summed E-state index contributed by atoms with van der Waals surface area (Å²) in [5.74, 6) is 2.86. The van der Waals surface area contributed by atoms with Gasteiger partial charge in [-0.1, -0.05) is 12.1 Å². The molecule has 5 heteroatoms. The summed E-state index contributed by atoms with van der Waals surface area (Å²) in [5.41, 5.74) is 1.01. The summed E-state index contributed by atoms with van der Waals surface area (Å²) in [7, 11) is 0. The van der Waals surface area contributed by atoms with Crippen LogP contribution in [0.3, 0.4) is 0 Å². The predicted octanol–water partition coefficient (Wildman–Crippen LogP) is 3.31. The Kier molecular flexibility index (Phi) is 4.08. The number of nitrogens with zero attached hydrogens (tertiary/aromatic N) is 2. The fourth-order valence-electron chi connectivity index (χ4n) is 2.57. The van der Waals surface area contributed by atoms with Crippen LogP contribution in [0.1, 0.15) is 32.1 Å². The van der Waals surface area contributed by atoms with Crippen LogP contribution >= 0.6 is 11.8 Å². The second-order valence-electron chi connectivity index (χ2n) is 5.05. The summed E-state index contributed by atoms with van der Waals surface area (Å²) in [6.45, 7) is 5.34. The summed E-state index contributed by atoms with van der Waals surface area (Å²) in [5, 5.41) is 7.53. The molecule has 1 aliphatic heterocycles. The van der Waals surface area contributed by atoms with Crippen molar-refractivity contribution in [2.24, 2.45) is 0 Å². The first-order chi connectivity index (χ1) is 9.78. The Labute approximate surface area is 123 Å². The number of hydrogen-bond donors (Lipinski definition) is 1. The predicted molar refractivity (Wildman–Crippen MR) is 81.0 cm³/mol. The fourth-order valence-corrected chi connectivity index (χ4v) is 3.23. The average Bonchev–Trinajstić information content (AvgIpc) is 3.08. The molecule has 1 aromatic carbocycles. The van der Waals surface area contributed by atoms with Gasteiger partial charge >= 0.3 is 0 Å². The highest BCUT2D eigenvalue weighted by Crippen LogP contribution is 2.28. The van der Waals surface area contributed by atoms with Crippen molar-refractivity contribution in [1.29, 1.82) is 0 Å². The second kappa shape index (κ2) is 5.97. The zero-order chi connectivity index (χ0) is 13.9. The van der Waals surface area contributed by atoms with Crippen LogP contribution in [0.25, 0.3) is 11.4 Å². The number of nitrogens with one attached hydrogen (secondary N) is 1. The number of benzene rings is 1. The lowest BCUT2D eigenvalue weighted by Gasteiger charge is -2.08. The highest BCUT2D eigenvalue weighted by molar-refractivity contribution is 7.99. The fraction of sp³-hybridized carbons (Fsp3) is 0.467. The zero-order valence-electron chi connectivity index (χ0n) is 11.8. The average molecular weight is 289 g/mol. The Bertz CT molecular complexity index is 567. The van der Waals surface area contributed by atoms with Crippen molar-refractivity contribution in [2.45, 2.75) is 37.1 Å². The van der Waals surface area contributed by atoms with Gasteiger partial charge in [-0.3, -0.25) is 0 Å². The van der Waals surface area contributed by atoms with Gasteiger partial charge in [0, 0.05) is 16.5 Å². The van der Waals surface area contributed by atoms with E-state index in [1.165, 1.54) is 4.90 Å². The van der Waals surface area contributed by atoms with E-state index in [-0.39, 0.29) is 0 Å². The largest absolute Gasteiger partial charge is 0.339 e. The van der Waals surface area contributed by atoms with E-state index in [0.29, 0.717) is 17.8 Å². The van der Waals surface area contributed by atoms with Gasteiger partial charge in [0.15, 0.2) is 0 Å². The maximum atomic E-state index is 5.44. The van der Waals surface area contributed by atoms with Crippen molar-refractivity contribution < 1.29 is 4.52 Å². The van der Waals surface area contributed by atoms with E-state index in [2.05, 4.69) is 53.6 Å². The number of aromatic nitrogens is 2. The highest BCUT2D eigenvalue weighted by Gasteiger charge is 2.29. The van der Waals surface area contributed by atoms with Crippen molar-refractivity contribution in [2.75, 3.05) is 12.3 Å². The molecule has 2 atom stereocenters. The molecule has 1 aliphatic rings. The molecule has 0 spiro atoms. The summed E-state index contributed by atoms with van der Waals surface area (Å²) >= 11 is 1.83. The van der Waals surface area contributed by atoms with Gasteiger partial charge in [-0.2, -0.15) is 4.98 Å². The minimum absolute atomic E-state index is 0.339. The first-order valence-electron chi connectivity index (χ1n) is 7.08. The van der Waals surface area contributed by atoms with E-state index >= 15 is 0 Å². The number of rotatable bonds is 4. The van der Waals surface area contributed by atoms with Crippen molar-refractivity contribution in [3.63, 3.8) is 0 Å². The van der Waals surface area contributed by atoms with Gasteiger partial charge in [-0.05, 0) is 49.9 Å². The molecule has 0 radical (unpaired) electrons. The number of hydrogen-bond acceptors (Lipinski definition) is 5. The normalized spacial score (nSPS) is 22.3. The molecule has 3 rings (SSSR count). The van der Waals surface area contributed by atoms with Crippen LogP contribution in [-0.4, -0.2) is 28.5 Å². The minimum atomic E-state index is 0.339. The lowest BCUT2D eigenvalue weighted by atomic mass is 10.0. The highest BCUT2D eigenvalue weighted by atomic mass is 32.2. The van der Waals surface area contributed by atoms with Crippen LogP contribution in [0.5, 0.6) is 0 Å². The summed E-state index contributed by atoms with van der Waals surface area (Å²) in [4.78, 5) is 5.84. The molecule has 4 nitrogen and oxygen atoms in total. The summed E-state index contributed by atoms with van der Waals surface area (Å²) in [6.07, 6.45) is 1.06. The molecule has 2 heterocycles. The monoisotopic (exact) mass is 289 g/mol. The molecule has 0 saturated carbocycles. The van der Waals surface area contributed by atoms with E-state index in [1.807, 2.05) is 11.8 Å². The zero-order valence-corrected chi connectivity index (χ0v) is 12.6. The first kappa shape index (κ1) is 13.6. The summed E-state index contributed by atoms with van der Waals surface area (Å²) in [6, 6.07) is 8.75. The SMILES string of the molecule is CCSc1ccc(-c2noc(C3CCNC3C)n2)cc1. The molecule has 20 heavy (non-hydrogen) atoms. The van der Waals surface area contributed by atoms with Gasteiger partial charge in [0.2, 0.25) is 11.7 Å². The van der Waals surface area contributed by atoms with Crippen LogP contribution in [0, 0.1) is 0 Å². The molecule has 1 aromatic heterocycles. The van der Waals surface area contributed by atoms with E-state index in [1.54, 1.807) is 0 Å². The summed E-state index contributed by atoms with van der Waals surface area (Å²) < 4.78 is 5.44. The Morgan fingerprint density at radius 1 is 1.35 bits per heavy atom. The van der Waals surface area contributed by atoms with Gasteiger partial charge in [0.25, 0.3) is 0 Å². The second-order valence-corrected chi connectivity index (χ2v) is 6.39. The van der Waals surface area contributed by atoms with E-state index < -0.39 is 0 Å². The van der Waals surface area contributed by atoms with E-state index in [4.69, 9.17) is 4.52 Å².